The lowest BCUT2D eigenvalue weighted by atomic mass is 10.2. The molecule has 1 unspecified atom stereocenters. The summed E-state index contributed by atoms with van der Waals surface area (Å²) in [5.74, 6) is 1.11. The maximum atomic E-state index is 14.4. The fourth-order valence-corrected chi connectivity index (χ4v) is 2.39. The van der Waals surface area contributed by atoms with Gasteiger partial charge in [-0.05, 0) is 31.5 Å². The van der Waals surface area contributed by atoms with Crippen molar-refractivity contribution < 1.29 is 9.13 Å². The van der Waals surface area contributed by atoms with Crippen LogP contribution in [0.1, 0.15) is 18.3 Å². The molecule has 0 radical (unpaired) electrons. The Kier molecular flexibility index (Phi) is 8.84. The zero-order valence-corrected chi connectivity index (χ0v) is 17.2. The number of ether oxygens (including phenoxy) is 1. The molecule has 0 saturated carbocycles. The van der Waals surface area contributed by atoms with Crippen LogP contribution in [0.5, 0.6) is 0 Å². The summed E-state index contributed by atoms with van der Waals surface area (Å²) in [6, 6.07) is 5.29. The third-order valence-corrected chi connectivity index (χ3v) is 3.58. The Morgan fingerprint density at radius 2 is 2.20 bits per heavy atom. The highest BCUT2D eigenvalue weighted by molar-refractivity contribution is 14.0. The molecule has 0 aliphatic heterocycles. The number of aliphatic imine (C=N–C) groups is 1. The lowest BCUT2D eigenvalue weighted by Crippen LogP contribution is -2.43. The topological polar surface area (TPSA) is 63.5 Å². The fourth-order valence-electron chi connectivity index (χ4n) is 2.39. The summed E-state index contributed by atoms with van der Waals surface area (Å²) in [7, 11) is 3.35. The van der Waals surface area contributed by atoms with E-state index >= 15 is 0 Å². The van der Waals surface area contributed by atoms with Gasteiger partial charge in [0.1, 0.15) is 11.6 Å². The van der Waals surface area contributed by atoms with Crippen molar-refractivity contribution in [2.45, 2.75) is 26.4 Å². The summed E-state index contributed by atoms with van der Waals surface area (Å²) in [5, 5.41) is 6.37. The first-order chi connectivity index (χ1) is 11.5. The van der Waals surface area contributed by atoms with Crippen molar-refractivity contribution in [2.24, 2.45) is 4.99 Å². The van der Waals surface area contributed by atoms with E-state index in [-0.39, 0.29) is 35.8 Å². The molecular weight excluding hydrogens is 436 g/mol. The predicted octanol–water partition coefficient (Wildman–Crippen LogP) is 2.64. The van der Waals surface area contributed by atoms with Crippen molar-refractivity contribution in [3.05, 3.63) is 47.8 Å². The van der Waals surface area contributed by atoms with Gasteiger partial charge in [-0.2, -0.15) is 0 Å². The molecular formula is C17H25FIN5O. The Hall–Kier alpha value is -1.68. The Morgan fingerprint density at radius 3 is 2.76 bits per heavy atom. The Morgan fingerprint density at radius 1 is 1.44 bits per heavy atom. The van der Waals surface area contributed by atoms with Crippen LogP contribution < -0.4 is 10.6 Å². The summed E-state index contributed by atoms with van der Waals surface area (Å²) in [6.07, 6.45) is 3.40. The summed E-state index contributed by atoms with van der Waals surface area (Å²) >= 11 is 0. The molecule has 2 aromatic rings. The van der Waals surface area contributed by atoms with Gasteiger partial charge in [0.2, 0.25) is 0 Å². The van der Waals surface area contributed by atoms with E-state index in [1.807, 2.05) is 19.9 Å². The average molecular weight is 461 g/mol. The first-order valence-corrected chi connectivity index (χ1v) is 7.80. The zero-order valence-electron chi connectivity index (χ0n) is 14.9. The minimum atomic E-state index is -0.286. The van der Waals surface area contributed by atoms with Gasteiger partial charge >= 0.3 is 0 Å². The molecule has 2 N–H and O–H groups in total. The van der Waals surface area contributed by atoms with Gasteiger partial charge in [0.25, 0.3) is 0 Å². The third kappa shape index (κ3) is 5.96. The summed E-state index contributed by atoms with van der Waals surface area (Å²) in [5.41, 5.74) is 1.32. The SMILES string of the molecule is CN=C(NCc1ccc(-n2ccnc2C)c(F)c1)NC(C)COC.I. The molecule has 0 amide bonds. The largest absolute Gasteiger partial charge is 0.383 e. The highest BCUT2D eigenvalue weighted by Crippen LogP contribution is 2.16. The van der Waals surface area contributed by atoms with Gasteiger partial charge in [0.05, 0.1) is 12.3 Å². The molecule has 0 saturated heterocycles. The monoisotopic (exact) mass is 461 g/mol. The third-order valence-electron chi connectivity index (χ3n) is 3.58. The number of guanidine groups is 1. The van der Waals surface area contributed by atoms with Crippen LogP contribution >= 0.6 is 24.0 Å². The van der Waals surface area contributed by atoms with Gasteiger partial charge < -0.3 is 19.9 Å². The molecule has 0 aliphatic carbocycles. The number of rotatable bonds is 6. The van der Waals surface area contributed by atoms with Crippen LogP contribution in [0.4, 0.5) is 4.39 Å². The molecule has 0 fully saturated rings. The Balaban J connectivity index is 0.00000312. The van der Waals surface area contributed by atoms with E-state index < -0.39 is 0 Å². The first kappa shape index (κ1) is 21.4. The molecule has 0 spiro atoms. The van der Waals surface area contributed by atoms with Gasteiger partial charge in [-0.3, -0.25) is 4.99 Å². The second kappa shape index (κ2) is 10.3. The van der Waals surface area contributed by atoms with Crippen molar-refractivity contribution in [3.63, 3.8) is 0 Å². The summed E-state index contributed by atoms with van der Waals surface area (Å²) in [4.78, 5) is 8.27. The number of nitrogens with one attached hydrogen (secondary N) is 2. The molecule has 25 heavy (non-hydrogen) atoms. The van der Waals surface area contributed by atoms with Crippen molar-refractivity contribution in [1.82, 2.24) is 20.2 Å². The highest BCUT2D eigenvalue weighted by Gasteiger charge is 2.09. The normalized spacial score (nSPS) is 12.4. The molecule has 8 heteroatoms. The second-order valence-corrected chi connectivity index (χ2v) is 5.56. The maximum Gasteiger partial charge on any atom is 0.191 e. The van der Waals surface area contributed by atoms with Crippen LogP contribution in [-0.4, -0.2) is 42.3 Å². The van der Waals surface area contributed by atoms with Crippen LogP contribution in [0.25, 0.3) is 5.69 Å². The summed E-state index contributed by atoms with van der Waals surface area (Å²) in [6.45, 7) is 4.89. The fraction of sp³-hybridized carbons (Fsp3) is 0.412. The van der Waals surface area contributed by atoms with E-state index in [1.54, 1.807) is 37.2 Å². The van der Waals surface area contributed by atoms with Crippen molar-refractivity contribution >= 4 is 29.9 Å². The first-order valence-electron chi connectivity index (χ1n) is 7.80. The average Bonchev–Trinajstić information content (AvgIpc) is 2.97. The molecule has 1 aromatic carbocycles. The number of nitrogens with zero attached hydrogens (tertiary/aromatic N) is 3. The van der Waals surface area contributed by atoms with E-state index in [9.17, 15) is 4.39 Å². The second-order valence-electron chi connectivity index (χ2n) is 5.56. The van der Waals surface area contributed by atoms with Gasteiger partial charge in [-0.25, -0.2) is 9.37 Å². The number of aryl methyl sites for hydroxylation is 1. The summed E-state index contributed by atoms with van der Waals surface area (Å²) < 4.78 is 21.2. The lowest BCUT2D eigenvalue weighted by Gasteiger charge is -2.17. The number of benzene rings is 1. The highest BCUT2D eigenvalue weighted by atomic mass is 127. The zero-order chi connectivity index (χ0) is 17.5. The Bertz CT molecular complexity index is 704. The van der Waals surface area contributed by atoms with Crippen molar-refractivity contribution in [3.8, 4) is 5.69 Å². The van der Waals surface area contributed by atoms with Gasteiger partial charge in [-0.1, -0.05) is 6.07 Å². The van der Waals surface area contributed by atoms with Gasteiger partial charge in [0, 0.05) is 39.1 Å². The van der Waals surface area contributed by atoms with E-state index in [1.165, 1.54) is 6.07 Å². The standard InChI is InChI=1S/C17H24FN5O.HI/c1-12(11-24-4)22-17(19-3)21-10-14-5-6-16(15(18)9-14)23-8-7-20-13(23)2;/h5-9,12H,10-11H2,1-4H3,(H2,19,21,22);1H. The molecule has 0 aliphatic rings. The smallest absolute Gasteiger partial charge is 0.191 e. The molecule has 2 rings (SSSR count). The predicted molar refractivity (Wildman–Crippen MR) is 108 cm³/mol. The minimum Gasteiger partial charge on any atom is -0.383 e. The molecule has 1 atom stereocenters. The van der Waals surface area contributed by atoms with E-state index in [0.29, 0.717) is 24.8 Å². The van der Waals surface area contributed by atoms with E-state index in [2.05, 4.69) is 20.6 Å². The number of hydrogen-bond acceptors (Lipinski definition) is 3. The number of aromatic nitrogens is 2. The molecule has 6 nitrogen and oxygen atoms in total. The number of methoxy groups -OCH3 is 1. The molecule has 138 valence electrons. The molecule has 0 bridgehead atoms. The van der Waals surface area contributed by atoms with Crippen molar-refractivity contribution in [1.29, 1.82) is 0 Å². The van der Waals surface area contributed by atoms with Crippen molar-refractivity contribution in [2.75, 3.05) is 20.8 Å². The van der Waals surface area contributed by atoms with E-state index in [4.69, 9.17) is 4.74 Å². The van der Waals surface area contributed by atoms with Crippen LogP contribution in [-0.2, 0) is 11.3 Å². The number of hydrogen-bond donors (Lipinski definition) is 2. The van der Waals surface area contributed by atoms with Crippen LogP contribution in [0, 0.1) is 12.7 Å². The van der Waals surface area contributed by atoms with Crippen LogP contribution in [0.15, 0.2) is 35.6 Å². The Labute approximate surface area is 164 Å². The quantitative estimate of drug-likeness (QED) is 0.395. The lowest BCUT2D eigenvalue weighted by molar-refractivity contribution is 0.179. The number of halogens is 2. The van der Waals surface area contributed by atoms with Crippen LogP contribution in [0.3, 0.4) is 0 Å². The van der Waals surface area contributed by atoms with Gasteiger partial charge in [-0.15, -0.1) is 24.0 Å². The minimum absolute atomic E-state index is 0. The molecule has 1 aromatic heterocycles. The molecule has 1 heterocycles. The van der Waals surface area contributed by atoms with Crippen LogP contribution in [0.2, 0.25) is 0 Å². The maximum absolute atomic E-state index is 14.4. The number of imidazole rings is 1. The van der Waals surface area contributed by atoms with E-state index in [0.717, 1.165) is 11.4 Å². The van der Waals surface area contributed by atoms with Gasteiger partial charge in [0.15, 0.2) is 5.96 Å².